The van der Waals surface area contributed by atoms with Crippen LogP contribution in [0.5, 0.6) is 0 Å². The molecule has 1 atom stereocenters. The van der Waals surface area contributed by atoms with Crippen LogP contribution in [0.3, 0.4) is 0 Å². The molecule has 2 heterocycles. The minimum absolute atomic E-state index is 0.00381. The topological polar surface area (TPSA) is 113 Å². The zero-order chi connectivity index (χ0) is 21.4. The number of nitrogens with two attached hydrogens (primary N) is 1. The largest absolute Gasteiger partial charge is 0.368 e. The first kappa shape index (κ1) is 20.9. The van der Waals surface area contributed by atoms with E-state index in [2.05, 4.69) is 65.0 Å². The molecule has 2 aromatic rings. The second-order valence-electron chi connectivity index (χ2n) is 8.87. The molecule has 9 nitrogen and oxygen atoms in total. The minimum atomic E-state index is -0.727. The standard InChI is InChI=1S/C21H31N7O2/c1-26(2)21(16-6-4-3-5-7-16)10-8-20(9-11-21)15-27(19(30)23-20)12-17-13-28(25-24-17)14-18(22)29/h3-7,13,19,23,30H,8-12,14-15H2,1-2H3,(H2,22,29). The molecule has 162 valence electrons. The van der Waals surface area contributed by atoms with Crippen LogP contribution < -0.4 is 11.1 Å². The van der Waals surface area contributed by atoms with E-state index in [0.29, 0.717) is 12.2 Å². The Morgan fingerprint density at radius 1 is 1.27 bits per heavy atom. The summed E-state index contributed by atoms with van der Waals surface area (Å²) in [6.45, 7) is 1.21. The molecule has 1 aliphatic heterocycles. The fourth-order valence-corrected chi connectivity index (χ4v) is 5.07. The van der Waals surface area contributed by atoms with Gasteiger partial charge in [-0.25, -0.2) is 4.68 Å². The molecule has 1 saturated heterocycles. The quantitative estimate of drug-likeness (QED) is 0.621. The van der Waals surface area contributed by atoms with Gasteiger partial charge < -0.3 is 10.8 Å². The number of rotatable bonds is 6. The molecule has 2 fully saturated rings. The molecule has 1 aromatic heterocycles. The number of carbonyl (C=O) groups excluding carboxylic acids is 1. The summed E-state index contributed by atoms with van der Waals surface area (Å²) in [4.78, 5) is 15.4. The van der Waals surface area contributed by atoms with Gasteiger partial charge in [-0.3, -0.25) is 19.9 Å². The van der Waals surface area contributed by atoms with Crippen LogP contribution in [-0.2, 0) is 23.4 Å². The molecule has 30 heavy (non-hydrogen) atoms. The summed E-state index contributed by atoms with van der Waals surface area (Å²) in [7, 11) is 4.31. The van der Waals surface area contributed by atoms with Gasteiger partial charge in [0, 0.05) is 24.2 Å². The van der Waals surface area contributed by atoms with Crippen molar-refractivity contribution in [3.8, 4) is 0 Å². The third kappa shape index (κ3) is 3.98. The van der Waals surface area contributed by atoms with Gasteiger partial charge in [-0.2, -0.15) is 0 Å². The Bertz CT molecular complexity index is 874. The Labute approximate surface area is 176 Å². The van der Waals surface area contributed by atoms with E-state index in [-0.39, 0.29) is 17.6 Å². The van der Waals surface area contributed by atoms with Crippen LogP contribution in [0.15, 0.2) is 36.5 Å². The maximum absolute atomic E-state index is 11.0. The predicted molar refractivity (Wildman–Crippen MR) is 112 cm³/mol. The highest BCUT2D eigenvalue weighted by Crippen LogP contribution is 2.46. The second-order valence-corrected chi connectivity index (χ2v) is 8.87. The predicted octanol–water partition coefficient (Wildman–Crippen LogP) is 0.214. The monoisotopic (exact) mass is 413 g/mol. The van der Waals surface area contributed by atoms with Gasteiger partial charge in [0.2, 0.25) is 5.91 Å². The molecule has 1 amide bonds. The van der Waals surface area contributed by atoms with Gasteiger partial charge in [0.15, 0.2) is 6.35 Å². The fourth-order valence-electron chi connectivity index (χ4n) is 5.07. The molecule has 0 radical (unpaired) electrons. The third-order valence-electron chi connectivity index (χ3n) is 6.76. The van der Waals surface area contributed by atoms with Crippen molar-refractivity contribution in [2.45, 2.75) is 56.2 Å². The second kappa shape index (κ2) is 8.07. The molecular weight excluding hydrogens is 382 g/mol. The number of benzene rings is 1. The maximum atomic E-state index is 11.0. The maximum Gasteiger partial charge on any atom is 0.239 e. The van der Waals surface area contributed by atoms with Crippen molar-refractivity contribution >= 4 is 5.91 Å². The average Bonchev–Trinajstić information content (AvgIpc) is 3.27. The van der Waals surface area contributed by atoms with Gasteiger partial charge in [0.05, 0.1) is 11.9 Å². The van der Waals surface area contributed by atoms with Gasteiger partial charge in [-0.1, -0.05) is 35.5 Å². The van der Waals surface area contributed by atoms with Crippen molar-refractivity contribution in [3.63, 3.8) is 0 Å². The molecule has 0 bridgehead atoms. The van der Waals surface area contributed by atoms with Crippen LogP contribution >= 0.6 is 0 Å². The molecule has 1 spiro atoms. The van der Waals surface area contributed by atoms with Crippen molar-refractivity contribution < 1.29 is 9.90 Å². The Morgan fingerprint density at radius 3 is 2.60 bits per heavy atom. The first-order valence-electron chi connectivity index (χ1n) is 10.4. The lowest BCUT2D eigenvalue weighted by atomic mass is 9.69. The molecular formula is C21H31N7O2. The van der Waals surface area contributed by atoms with Gasteiger partial charge in [-0.05, 0) is 45.3 Å². The van der Waals surface area contributed by atoms with Gasteiger partial charge in [0.25, 0.3) is 0 Å². The summed E-state index contributed by atoms with van der Waals surface area (Å²) in [5.74, 6) is -0.460. The Kier molecular flexibility index (Phi) is 5.63. The first-order chi connectivity index (χ1) is 14.3. The summed E-state index contributed by atoms with van der Waals surface area (Å²) in [6.07, 6.45) is 4.97. The number of nitrogens with zero attached hydrogens (tertiary/aromatic N) is 5. The van der Waals surface area contributed by atoms with Crippen LogP contribution in [0.25, 0.3) is 0 Å². The molecule has 2 aliphatic rings. The van der Waals surface area contributed by atoms with E-state index in [4.69, 9.17) is 5.73 Å². The zero-order valence-electron chi connectivity index (χ0n) is 17.7. The zero-order valence-corrected chi connectivity index (χ0v) is 17.7. The van der Waals surface area contributed by atoms with Crippen molar-refractivity contribution in [3.05, 3.63) is 47.8 Å². The summed E-state index contributed by atoms with van der Waals surface area (Å²) in [6, 6.07) is 10.7. The molecule has 1 aromatic carbocycles. The lowest BCUT2D eigenvalue weighted by Crippen LogP contribution is -2.54. The average molecular weight is 414 g/mol. The van der Waals surface area contributed by atoms with E-state index in [9.17, 15) is 9.90 Å². The lowest BCUT2D eigenvalue weighted by molar-refractivity contribution is -0.118. The van der Waals surface area contributed by atoms with Crippen LogP contribution in [-0.4, -0.2) is 68.3 Å². The molecule has 1 aliphatic carbocycles. The number of amides is 1. The highest BCUT2D eigenvalue weighted by atomic mass is 16.3. The number of hydrogen-bond donors (Lipinski definition) is 3. The van der Waals surface area contributed by atoms with Gasteiger partial charge >= 0.3 is 0 Å². The van der Waals surface area contributed by atoms with Crippen LogP contribution in [0.1, 0.15) is 36.9 Å². The molecule has 4 rings (SSSR count). The number of carbonyl (C=O) groups is 1. The van der Waals surface area contributed by atoms with Gasteiger partial charge in [-0.15, -0.1) is 5.10 Å². The van der Waals surface area contributed by atoms with E-state index in [0.717, 1.165) is 32.2 Å². The number of nitrogens with one attached hydrogen (secondary N) is 1. The fraction of sp³-hybridized carbons (Fsp3) is 0.571. The normalized spacial score (nSPS) is 29.7. The first-order valence-corrected chi connectivity index (χ1v) is 10.4. The number of aliphatic hydroxyl groups is 1. The Balaban J connectivity index is 1.43. The van der Waals surface area contributed by atoms with E-state index < -0.39 is 12.3 Å². The van der Waals surface area contributed by atoms with Crippen LogP contribution in [0, 0.1) is 0 Å². The smallest absolute Gasteiger partial charge is 0.239 e. The Hall–Kier alpha value is -2.33. The summed E-state index contributed by atoms with van der Waals surface area (Å²) < 4.78 is 1.43. The minimum Gasteiger partial charge on any atom is -0.368 e. The van der Waals surface area contributed by atoms with Crippen molar-refractivity contribution in [1.82, 2.24) is 30.1 Å². The highest BCUT2D eigenvalue weighted by Gasteiger charge is 2.49. The third-order valence-corrected chi connectivity index (χ3v) is 6.76. The summed E-state index contributed by atoms with van der Waals surface area (Å²) in [5, 5.41) is 22.1. The van der Waals surface area contributed by atoms with E-state index in [1.54, 1.807) is 6.20 Å². The molecule has 1 saturated carbocycles. The number of aromatic nitrogens is 3. The van der Waals surface area contributed by atoms with Crippen molar-refractivity contribution in [2.24, 2.45) is 5.73 Å². The summed E-state index contributed by atoms with van der Waals surface area (Å²) >= 11 is 0. The highest BCUT2D eigenvalue weighted by molar-refractivity contribution is 5.73. The van der Waals surface area contributed by atoms with E-state index in [1.807, 2.05) is 4.90 Å². The molecule has 1 unspecified atom stereocenters. The lowest BCUT2D eigenvalue weighted by Gasteiger charge is -2.49. The molecule has 4 N–H and O–H groups in total. The van der Waals surface area contributed by atoms with Gasteiger partial charge in [0.1, 0.15) is 6.54 Å². The Morgan fingerprint density at radius 2 is 1.97 bits per heavy atom. The number of aliphatic hydroxyl groups excluding tert-OH is 1. The van der Waals surface area contributed by atoms with Crippen molar-refractivity contribution in [2.75, 3.05) is 20.6 Å². The number of hydrogen-bond acceptors (Lipinski definition) is 7. The van der Waals surface area contributed by atoms with E-state index >= 15 is 0 Å². The van der Waals surface area contributed by atoms with Crippen LogP contribution in [0.4, 0.5) is 0 Å². The van der Waals surface area contributed by atoms with E-state index in [1.165, 1.54) is 10.2 Å². The summed E-state index contributed by atoms with van der Waals surface area (Å²) in [5.41, 5.74) is 7.17. The molecule has 9 heteroatoms. The SMILES string of the molecule is CN(C)C1(c2ccccc2)CCC2(CC1)CN(Cc1cn(CC(N)=O)nn1)C(O)N2. The number of primary amides is 1. The van der Waals surface area contributed by atoms with Crippen LogP contribution in [0.2, 0.25) is 0 Å². The van der Waals surface area contributed by atoms with Crippen molar-refractivity contribution in [1.29, 1.82) is 0 Å².